The van der Waals surface area contributed by atoms with Gasteiger partial charge in [0.1, 0.15) is 0 Å². The SMILES string of the molecule is OCC1CCC(NCc2ccccc2Br)CC1. The van der Waals surface area contributed by atoms with Crippen LogP contribution in [0.4, 0.5) is 0 Å². The topological polar surface area (TPSA) is 32.3 Å². The van der Waals surface area contributed by atoms with Gasteiger partial charge in [0.05, 0.1) is 0 Å². The number of hydrogen-bond donors (Lipinski definition) is 2. The number of halogens is 1. The third-order valence-electron chi connectivity index (χ3n) is 3.64. The number of hydrogen-bond acceptors (Lipinski definition) is 2. The van der Waals surface area contributed by atoms with Crippen molar-refractivity contribution in [1.82, 2.24) is 5.32 Å². The van der Waals surface area contributed by atoms with Crippen LogP contribution in [0.15, 0.2) is 28.7 Å². The molecule has 3 heteroatoms. The maximum Gasteiger partial charge on any atom is 0.0459 e. The molecule has 2 rings (SSSR count). The molecule has 1 aromatic rings. The van der Waals surface area contributed by atoms with Crippen LogP contribution in [0.1, 0.15) is 31.2 Å². The number of rotatable bonds is 4. The first-order chi connectivity index (χ1) is 8.29. The third kappa shape index (κ3) is 3.80. The van der Waals surface area contributed by atoms with E-state index in [1.54, 1.807) is 0 Å². The van der Waals surface area contributed by atoms with E-state index in [0.717, 1.165) is 19.4 Å². The lowest BCUT2D eigenvalue weighted by atomic mass is 9.86. The van der Waals surface area contributed by atoms with Crippen LogP contribution in [0, 0.1) is 5.92 Å². The highest BCUT2D eigenvalue weighted by molar-refractivity contribution is 9.10. The van der Waals surface area contributed by atoms with Crippen molar-refractivity contribution >= 4 is 15.9 Å². The maximum atomic E-state index is 9.09. The van der Waals surface area contributed by atoms with Crippen molar-refractivity contribution < 1.29 is 5.11 Å². The zero-order valence-corrected chi connectivity index (χ0v) is 11.6. The predicted molar refractivity (Wildman–Crippen MR) is 73.8 cm³/mol. The fourth-order valence-corrected chi connectivity index (χ4v) is 2.87. The number of aliphatic hydroxyl groups excluding tert-OH is 1. The molecule has 0 amide bonds. The summed E-state index contributed by atoms with van der Waals surface area (Å²) in [5.74, 6) is 0.538. The van der Waals surface area contributed by atoms with Crippen LogP contribution in [0.5, 0.6) is 0 Å². The zero-order valence-electron chi connectivity index (χ0n) is 10.0. The Kier molecular flexibility index (Phi) is 5.01. The Hall–Kier alpha value is -0.380. The molecule has 1 saturated carbocycles. The Bertz CT molecular complexity index is 348. The van der Waals surface area contributed by atoms with Gasteiger partial charge in [0.15, 0.2) is 0 Å². The van der Waals surface area contributed by atoms with Crippen molar-refractivity contribution in [2.75, 3.05) is 6.61 Å². The molecule has 17 heavy (non-hydrogen) atoms. The Labute approximate surface area is 112 Å². The average Bonchev–Trinajstić information content (AvgIpc) is 2.38. The van der Waals surface area contributed by atoms with Crippen LogP contribution in [0.25, 0.3) is 0 Å². The quantitative estimate of drug-likeness (QED) is 0.895. The summed E-state index contributed by atoms with van der Waals surface area (Å²) in [5.41, 5.74) is 1.32. The average molecular weight is 298 g/mol. The Balaban J connectivity index is 1.78. The van der Waals surface area contributed by atoms with Gasteiger partial charge in [0.2, 0.25) is 0 Å². The highest BCUT2D eigenvalue weighted by Gasteiger charge is 2.19. The molecular formula is C14H20BrNO. The molecule has 0 aromatic heterocycles. The second kappa shape index (κ2) is 6.53. The first-order valence-corrected chi connectivity index (χ1v) is 7.16. The molecule has 0 atom stereocenters. The highest BCUT2D eigenvalue weighted by Crippen LogP contribution is 2.24. The van der Waals surface area contributed by atoms with Gasteiger partial charge in [-0.3, -0.25) is 0 Å². The van der Waals surface area contributed by atoms with Crippen LogP contribution < -0.4 is 5.32 Å². The fourth-order valence-electron chi connectivity index (χ4n) is 2.45. The summed E-state index contributed by atoms with van der Waals surface area (Å²) < 4.78 is 1.18. The smallest absolute Gasteiger partial charge is 0.0459 e. The molecule has 0 bridgehead atoms. The second-order valence-electron chi connectivity index (χ2n) is 4.87. The molecule has 0 unspecified atom stereocenters. The van der Waals surface area contributed by atoms with Crippen LogP contribution in [-0.2, 0) is 6.54 Å². The first kappa shape index (κ1) is 13.1. The zero-order chi connectivity index (χ0) is 12.1. The molecular weight excluding hydrogens is 278 g/mol. The van der Waals surface area contributed by atoms with Gasteiger partial charge in [-0.1, -0.05) is 34.1 Å². The van der Waals surface area contributed by atoms with Gasteiger partial charge in [0, 0.05) is 23.7 Å². The van der Waals surface area contributed by atoms with Crippen LogP contribution >= 0.6 is 15.9 Å². The van der Waals surface area contributed by atoms with E-state index >= 15 is 0 Å². The van der Waals surface area contributed by atoms with Gasteiger partial charge in [-0.15, -0.1) is 0 Å². The molecule has 94 valence electrons. The molecule has 1 aromatic carbocycles. The second-order valence-corrected chi connectivity index (χ2v) is 5.73. The number of benzene rings is 1. The summed E-state index contributed by atoms with van der Waals surface area (Å²) >= 11 is 3.57. The van der Waals surface area contributed by atoms with Crippen molar-refractivity contribution in [2.45, 2.75) is 38.3 Å². The maximum absolute atomic E-state index is 9.09. The summed E-state index contributed by atoms with van der Waals surface area (Å²) in [5, 5.41) is 12.7. The summed E-state index contributed by atoms with van der Waals surface area (Å²) in [6.45, 7) is 1.28. The number of aliphatic hydroxyl groups is 1. The van der Waals surface area contributed by atoms with Crippen LogP contribution in [-0.4, -0.2) is 17.8 Å². The monoisotopic (exact) mass is 297 g/mol. The van der Waals surface area contributed by atoms with Crippen molar-refractivity contribution in [3.63, 3.8) is 0 Å². The Morgan fingerprint density at radius 2 is 1.88 bits per heavy atom. The van der Waals surface area contributed by atoms with E-state index in [4.69, 9.17) is 5.11 Å². The van der Waals surface area contributed by atoms with Crippen molar-refractivity contribution in [3.8, 4) is 0 Å². The lowest BCUT2D eigenvalue weighted by Crippen LogP contribution is -2.33. The summed E-state index contributed by atoms with van der Waals surface area (Å²) in [6.07, 6.45) is 4.69. The Morgan fingerprint density at radius 1 is 1.18 bits per heavy atom. The van der Waals surface area contributed by atoms with Crippen LogP contribution in [0.3, 0.4) is 0 Å². The summed E-state index contributed by atoms with van der Waals surface area (Å²) in [7, 11) is 0. The molecule has 2 N–H and O–H groups in total. The van der Waals surface area contributed by atoms with Crippen molar-refractivity contribution in [3.05, 3.63) is 34.3 Å². The largest absolute Gasteiger partial charge is 0.396 e. The van der Waals surface area contributed by atoms with Crippen molar-refractivity contribution in [1.29, 1.82) is 0 Å². The lowest BCUT2D eigenvalue weighted by molar-refractivity contribution is 0.175. The Morgan fingerprint density at radius 3 is 2.53 bits per heavy atom. The van der Waals surface area contributed by atoms with E-state index in [-0.39, 0.29) is 0 Å². The van der Waals surface area contributed by atoms with E-state index in [1.807, 2.05) is 6.07 Å². The van der Waals surface area contributed by atoms with Gasteiger partial charge < -0.3 is 10.4 Å². The van der Waals surface area contributed by atoms with Gasteiger partial charge in [-0.25, -0.2) is 0 Å². The molecule has 0 heterocycles. The van der Waals surface area contributed by atoms with E-state index in [0.29, 0.717) is 18.6 Å². The van der Waals surface area contributed by atoms with Gasteiger partial charge in [-0.2, -0.15) is 0 Å². The first-order valence-electron chi connectivity index (χ1n) is 6.37. The minimum atomic E-state index is 0.358. The highest BCUT2D eigenvalue weighted by atomic mass is 79.9. The predicted octanol–water partition coefficient (Wildman–Crippen LogP) is 3.09. The molecule has 1 aliphatic rings. The van der Waals surface area contributed by atoms with Gasteiger partial charge in [0.25, 0.3) is 0 Å². The third-order valence-corrected chi connectivity index (χ3v) is 4.42. The lowest BCUT2D eigenvalue weighted by Gasteiger charge is -2.28. The van der Waals surface area contributed by atoms with E-state index in [9.17, 15) is 0 Å². The molecule has 0 spiro atoms. The van der Waals surface area contributed by atoms with Crippen LogP contribution in [0.2, 0.25) is 0 Å². The standard InChI is InChI=1S/C14H20BrNO/c15-14-4-2-1-3-12(14)9-16-13-7-5-11(10-17)6-8-13/h1-4,11,13,16-17H,5-10H2. The summed E-state index contributed by atoms with van der Waals surface area (Å²) in [4.78, 5) is 0. The molecule has 1 aliphatic carbocycles. The van der Waals surface area contributed by atoms with E-state index < -0.39 is 0 Å². The van der Waals surface area contributed by atoms with E-state index in [2.05, 4.69) is 39.4 Å². The molecule has 0 saturated heterocycles. The number of nitrogens with one attached hydrogen (secondary N) is 1. The molecule has 2 nitrogen and oxygen atoms in total. The molecule has 0 aliphatic heterocycles. The van der Waals surface area contributed by atoms with Gasteiger partial charge in [-0.05, 0) is 43.2 Å². The van der Waals surface area contributed by atoms with Gasteiger partial charge >= 0.3 is 0 Å². The molecule has 1 fully saturated rings. The van der Waals surface area contributed by atoms with E-state index in [1.165, 1.54) is 22.9 Å². The normalized spacial score (nSPS) is 24.8. The minimum Gasteiger partial charge on any atom is -0.396 e. The minimum absolute atomic E-state index is 0.358. The van der Waals surface area contributed by atoms with Crippen molar-refractivity contribution in [2.24, 2.45) is 5.92 Å². The fraction of sp³-hybridized carbons (Fsp3) is 0.571. The summed E-state index contributed by atoms with van der Waals surface area (Å²) in [6, 6.07) is 8.96. The molecule has 0 radical (unpaired) electrons.